The fraction of sp³-hybridized carbons (Fsp3) is 1.00. The number of quaternary nitrogens is 1. The Morgan fingerprint density at radius 2 is 1.69 bits per heavy atom. The molecule has 0 aromatic heterocycles. The Morgan fingerprint density at radius 1 is 1.38 bits per heavy atom. The van der Waals surface area contributed by atoms with Crippen LogP contribution in [0, 0.1) is 5.21 Å². The second-order valence-electron chi connectivity index (χ2n) is 3.09. The molecule has 0 amide bonds. The smallest absolute Gasteiger partial charge is 0.261 e. The van der Waals surface area contributed by atoms with Crippen LogP contribution in [0.4, 0.5) is 0 Å². The Kier molecular flexibility index (Phi) is 4.79. The standard InChI is InChI=1S/C5H11NO2.CH4O3S/c1-6(7)2-4-8-5-3-6;1-5(2,3)4/h2-5H2,1H3;1H3,(H,2,3,4). The van der Waals surface area contributed by atoms with Crippen LogP contribution in [-0.2, 0) is 14.9 Å². The molecular weight excluding hydrogens is 198 g/mol. The Bertz CT molecular complexity index is 219. The highest BCUT2D eigenvalue weighted by Crippen LogP contribution is 2.02. The van der Waals surface area contributed by atoms with E-state index in [-0.39, 0.29) is 4.65 Å². The molecule has 0 radical (unpaired) electrons. The third kappa shape index (κ3) is 11.8. The van der Waals surface area contributed by atoms with E-state index >= 15 is 0 Å². The van der Waals surface area contributed by atoms with Crippen LogP contribution in [0.1, 0.15) is 0 Å². The van der Waals surface area contributed by atoms with Gasteiger partial charge in [-0.2, -0.15) is 8.42 Å². The van der Waals surface area contributed by atoms with Gasteiger partial charge >= 0.3 is 0 Å². The molecule has 1 saturated heterocycles. The van der Waals surface area contributed by atoms with E-state index in [2.05, 4.69) is 0 Å². The van der Waals surface area contributed by atoms with Crippen LogP contribution < -0.4 is 0 Å². The second kappa shape index (κ2) is 4.87. The third-order valence-electron chi connectivity index (χ3n) is 1.42. The van der Waals surface area contributed by atoms with E-state index in [9.17, 15) is 13.6 Å². The molecule has 1 fully saturated rings. The lowest BCUT2D eigenvalue weighted by molar-refractivity contribution is -0.869. The average molecular weight is 213 g/mol. The highest BCUT2D eigenvalue weighted by Gasteiger charge is 2.13. The number of likely N-dealkylation sites (N-methyl/N-ethyl adjacent to an activating group) is 1. The minimum Gasteiger partial charge on any atom is -0.633 e. The van der Waals surface area contributed by atoms with Crippen molar-refractivity contribution in [3.05, 3.63) is 5.21 Å². The van der Waals surface area contributed by atoms with Gasteiger partial charge in [-0.25, -0.2) is 0 Å². The van der Waals surface area contributed by atoms with E-state index < -0.39 is 10.1 Å². The number of hydroxylamine groups is 3. The predicted molar refractivity (Wildman–Crippen MR) is 47.6 cm³/mol. The van der Waals surface area contributed by atoms with Gasteiger partial charge in [-0.3, -0.25) is 4.55 Å². The van der Waals surface area contributed by atoms with Crippen LogP contribution in [0.3, 0.4) is 0 Å². The van der Waals surface area contributed by atoms with Crippen molar-refractivity contribution in [1.82, 2.24) is 0 Å². The average Bonchev–Trinajstić information content (AvgIpc) is 1.82. The maximum atomic E-state index is 11.0. The minimum absolute atomic E-state index is 0.125. The van der Waals surface area contributed by atoms with Crippen LogP contribution in [-0.4, -0.2) is 57.2 Å². The first kappa shape index (κ1) is 12.8. The van der Waals surface area contributed by atoms with Crippen LogP contribution in [0.15, 0.2) is 0 Å². The van der Waals surface area contributed by atoms with Crippen LogP contribution in [0.25, 0.3) is 0 Å². The molecule has 0 atom stereocenters. The summed E-state index contributed by atoms with van der Waals surface area (Å²) >= 11 is 0. The quantitative estimate of drug-likeness (QED) is 0.332. The molecule has 0 spiro atoms. The van der Waals surface area contributed by atoms with Gasteiger partial charge in [0, 0.05) is 0 Å². The zero-order valence-corrected chi connectivity index (χ0v) is 8.58. The molecule has 0 saturated carbocycles. The lowest BCUT2D eigenvalue weighted by atomic mass is 10.4. The summed E-state index contributed by atoms with van der Waals surface area (Å²) in [6.45, 7) is 2.47. The Labute approximate surface area is 78.0 Å². The second-order valence-corrected chi connectivity index (χ2v) is 4.56. The van der Waals surface area contributed by atoms with E-state index in [0.29, 0.717) is 32.6 Å². The van der Waals surface area contributed by atoms with Crippen molar-refractivity contribution in [3.8, 4) is 0 Å². The SMILES string of the molecule is CS(=O)(=O)O.C[N+]1([O-])CCOCC1. The molecule has 7 heteroatoms. The fourth-order valence-corrected chi connectivity index (χ4v) is 0.729. The molecule has 1 N–H and O–H groups in total. The van der Waals surface area contributed by atoms with E-state index in [4.69, 9.17) is 9.29 Å². The number of morpholine rings is 1. The van der Waals surface area contributed by atoms with E-state index in [0.717, 1.165) is 0 Å². The first-order valence-electron chi connectivity index (χ1n) is 3.76. The summed E-state index contributed by atoms with van der Waals surface area (Å²) < 4.78 is 30.7. The van der Waals surface area contributed by atoms with Gasteiger partial charge in [0.1, 0.15) is 13.1 Å². The maximum absolute atomic E-state index is 11.0. The van der Waals surface area contributed by atoms with Gasteiger partial charge in [-0.15, -0.1) is 0 Å². The van der Waals surface area contributed by atoms with Gasteiger partial charge in [-0.1, -0.05) is 0 Å². The summed E-state index contributed by atoms with van der Waals surface area (Å²) in [5, 5.41) is 11.0. The zero-order chi connectivity index (χ0) is 10.5. The van der Waals surface area contributed by atoms with Crippen LogP contribution in [0.2, 0.25) is 0 Å². The molecular formula is C6H15NO5S. The first-order valence-corrected chi connectivity index (χ1v) is 5.61. The fourth-order valence-electron chi connectivity index (χ4n) is 0.729. The molecule has 1 heterocycles. The predicted octanol–water partition coefficient (Wildman–Crippen LogP) is -0.535. The van der Waals surface area contributed by atoms with Crippen molar-refractivity contribution < 1.29 is 22.4 Å². The van der Waals surface area contributed by atoms with Crippen molar-refractivity contribution in [1.29, 1.82) is 0 Å². The topological polar surface area (TPSA) is 86.7 Å². The molecule has 13 heavy (non-hydrogen) atoms. The molecule has 0 bridgehead atoms. The molecule has 1 aliphatic rings. The summed E-state index contributed by atoms with van der Waals surface area (Å²) in [5.74, 6) is 0. The van der Waals surface area contributed by atoms with Gasteiger partial charge < -0.3 is 14.6 Å². The van der Waals surface area contributed by atoms with E-state index in [1.807, 2.05) is 0 Å². The van der Waals surface area contributed by atoms with Crippen molar-refractivity contribution in [2.45, 2.75) is 0 Å². The Balaban J connectivity index is 0.000000252. The summed E-state index contributed by atoms with van der Waals surface area (Å²) in [7, 11) is -1.98. The highest BCUT2D eigenvalue weighted by atomic mass is 32.2. The number of hydrogen-bond acceptors (Lipinski definition) is 4. The summed E-state index contributed by atoms with van der Waals surface area (Å²) in [4.78, 5) is 0. The van der Waals surface area contributed by atoms with Gasteiger partial charge in [-0.05, 0) is 0 Å². The van der Waals surface area contributed by atoms with Gasteiger partial charge in [0.15, 0.2) is 0 Å². The summed E-state index contributed by atoms with van der Waals surface area (Å²) in [5.41, 5.74) is 0. The molecule has 0 aromatic rings. The third-order valence-corrected chi connectivity index (χ3v) is 1.42. The molecule has 1 aliphatic heterocycles. The number of rotatable bonds is 0. The Hall–Kier alpha value is -0.210. The van der Waals surface area contributed by atoms with Gasteiger partial charge in [0.25, 0.3) is 10.1 Å². The molecule has 0 aliphatic carbocycles. The molecule has 80 valence electrons. The van der Waals surface area contributed by atoms with Crippen LogP contribution >= 0.6 is 0 Å². The van der Waals surface area contributed by atoms with E-state index in [1.165, 1.54) is 0 Å². The van der Waals surface area contributed by atoms with Crippen molar-refractivity contribution in [2.24, 2.45) is 0 Å². The molecule has 6 nitrogen and oxygen atoms in total. The number of nitrogens with zero attached hydrogens (tertiary/aromatic N) is 1. The van der Waals surface area contributed by atoms with Crippen molar-refractivity contribution >= 4 is 10.1 Å². The number of hydrogen-bond donors (Lipinski definition) is 1. The minimum atomic E-state index is -3.67. The van der Waals surface area contributed by atoms with Gasteiger partial charge in [0.2, 0.25) is 0 Å². The highest BCUT2D eigenvalue weighted by molar-refractivity contribution is 7.85. The first-order chi connectivity index (χ1) is 5.71. The number of ether oxygens (including phenoxy) is 1. The maximum Gasteiger partial charge on any atom is 0.261 e. The van der Waals surface area contributed by atoms with E-state index in [1.54, 1.807) is 7.05 Å². The molecule has 0 unspecified atom stereocenters. The lowest BCUT2D eigenvalue weighted by Gasteiger charge is -2.41. The van der Waals surface area contributed by atoms with Crippen molar-refractivity contribution in [3.63, 3.8) is 0 Å². The normalized spacial score (nSPS) is 21.5. The summed E-state index contributed by atoms with van der Waals surface area (Å²) in [6, 6.07) is 0. The monoisotopic (exact) mass is 213 g/mol. The van der Waals surface area contributed by atoms with Gasteiger partial charge in [0.05, 0.1) is 26.5 Å². The molecule has 1 rings (SSSR count). The van der Waals surface area contributed by atoms with Crippen LogP contribution in [0.5, 0.6) is 0 Å². The zero-order valence-electron chi connectivity index (χ0n) is 7.76. The molecule has 0 aromatic carbocycles. The largest absolute Gasteiger partial charge is 0.633 e. The summed E-state index contributed by atoms with van der Waals surface area (Å²) in [6.07, 6.45) is 0.715. The Morgan fingerprint density at radius 3 is 1.85 bits per heavy atom. The lowest BCUT2D eigenvalue weighted by Crippen LogP contribution is -2.46. The van der Waals surface area contributed by atoms with Crippen molar-refractivity contribution in [2.75, 3.05) is 39.6 Å².